The minimum Gasteiger partial charge on any atom is -0.504 e. The fourth-order valence-corrected chi connectivity index (χ4v) is 3.36. The van der Waals surface area contributed by atoms with Gasteiger partial charge in [-0.25, -0.2) is 9.59 Å². The number of carbonyl (C=O) groups excluding carboxylic acids is 1. The van der Waals surface area contributed by atoms with Gasteiger partial charge in [0.1, 0.15) is 23.0 Å². The Hall–Kier alpha value is -3.74. The van der Waals surface area contributed by atoms with Crippen molar-refractivity contribution in [2.24, 2.45) is 0 Å². The average molecular weight is 408 g/mol. The van der Waals surface area contributed by atoms with Gasteiger partial charge in [0, 0.05) is 30.0 Å². The van der Waals surface area contributed by atoms with Crippen LogP contribution in [0.4, 0.5) is 0 Å². The molecule has 30 heavy (non-hydrogen) atoms. The topological polar surface area (TPSA) is 106 Å². The summed E-state index contributed by atoms with van der Waals surface area (Å²) in [6.45, 7) is 3.64. The standard InChI is InChI=1S/C23H20O7/c1-23(2)20(29-22(27)7-4-13-3-6-16(24)17(25)9-13)11-15-10-14-5-8-21(26)28-18(14)12-19(15)30-23/h3-10,12,20,24-25H,11H2,1-2H3/b7-4+. The molecule has 0 saturated heterocycles. The SMILES string of the molecule is CC1(C)Oc2cc3oc(=O)ccc3cc2CC1OC(=O)/C=C/c1ccc(O)c(O)c1. The van der Waals surface area contributed by atoms with E-state index in [2.05, 4.69) is 0 Å². The van der Waals surface area contributed by atoms with Crippen molar-refractivity contribution < 1.29 is 28.9 Å². The average Bonchev–Trinajstić information content (AvgIpc) is 2.68. The van der Waals surface area contributed by atoms with E-state index >= 15 is 0 Å². The first-order chi connectivity index (χ1) is 14.2. The number of aromatic hydroxyl groups is 2. The Morgan fingerprint density at radius 1 is 1.13 bits per heavy atom. The van der Waals surface area contributed by atoms with Crippen molar-refractivity contribution in [3.63, 3.8) is 0 Å². The van der Waals surface area contributed by atoms with Crippen LogP contribution in [0.2, 0.25) is 0 Å². The summed E-state index contributed by atoms with van der Waals surface area (Å²) in [5, 5.41) is 19.6. The molecule has 0 aliphatic carbocycles. The highest BCUT2D eigenvalue weighted by Gasteiger charge is 2.39. The first kappa shape index (κ1) is 19.6. The molecule has 0 amide bonds. The third-order valence-corrected chi connectivity index (χ3v) is 5.03. The number of hydrogen-bond acceptors (Lipinski definition) is 7. The summed E-state index contributed by atoms with van der Waals surface area (Å²) >= 11 is 0. The van der Waals surface area contributed by atoms with Gasteiger partial charge in [-0.15, -0.1) is 0 Å². The molecule has 1 unspecified atom stereocenters. The van der Waals surface area contributed by atoms with E-state index in [1.807, 2.05) is 19.9 Å². The number of fused-ring (bicyclic) bond motifs is 2. The minimum atomic E-state index is -0.796. The summed E-state index contributed by atoms with van der Waals surface area (Å²) in [4.78, 5) is 23.8. The molecular formula is C23H20O7. The molecule has 1 atom stereocenters. The molecule has 1 aliphatic heterocycles. The van der Waals surface area contributed by atoms with Crippen LogP contribution in [-0.2, 0) is 16.0 Å². The van der Waals surface area contributed by atoms with Crippen molar-refractivity contribution in [2.45, 2.75) is 32.0 Å². The van der Waals surface area contributed by atoms with E-state index in [1.165, 1.54) is 30.4 Å². The number of ether oxygens (including phenoxy) is 2. The second-order valence-corrected chi connectivity index (χ2v) is 7.67. The number of phenolic OH excluding ortho intramolecular Hbond substituents is 2. The van der Waals surface area contributed by atoms with Crippen LogP contribution in [0.5, 0.6) is 17.2 Å². The van der Waals surface area contributed by atoms with Gasteiger partial charge in [-0.3, -0.25) is 0 Å². The number of carbonyl (C=O) groups is 1. The van der Waals surface area contributed by atoms with Crippen molar-refractivity contribution in [2.75, 3.05) is 0 Å². The predicted octanol–water partition coefficient (Wildman–Crippen LogP) is 3.54. The molecule has 2 N–H and O–H groups in total. The van der Waals surface area contributed by atoms with E-state index in [9.17, 15) is 19.8 Å². The summed E-state index contributed by atoms with van der Waals surface area (Å²) in [5.74, 6) is -0.475. The molecule has 0 bridgehead atoms. The molecular weight excluding hydrogens is 388 g/mol. The Morgan fingerprint density at radius 3 is 2.70 bits per heavy atom. The van der Waals surface area contributed by atoms with Gasteiger partial charge in [-0.05, 0) is 55.3 Å². The summed E-state index contributed by atoms with van der Waals surface area (Å²) in [6, 6.07) is 10.8. The van der Waals surface area contributed by atoms with E-state index < -0.39 is 23.3 Å². The van der Waals surface area contributed by atoms with Crippen LogP contribution in [0, 0.1) is 0 Å². The number of hydrogen-bond donors (Lipinski definition) is 2. The first-order valence-corrected chi connectivity index (χ1v) is 9.38. The Labute approximate surface area is 171 Å². The van der Waals surface area contributed by atoms with Gasteiger partial charge in [-0.1, -0.05) is 6.07 Å². The maximum absolute atomic E-state index is 12.4. The quantitative estimate of drug-likeness (QED) is 0.295. The molecule has 0 spiro atoms. The monoisotopic (exact) mass is 408 g/mol. The summed E-state index contributed by atoms with van der Waals surface area (Å²) in [7, 11) is 0. The molecule has 154 valence electrons. The summed E-state index contributed by atoms with van der Waals surface area (Å²) in [5.41, 5.74) is 0.599. The summed E-state index contributed by atoms with van der Waals surface area (Å²) < 4.78 is 16.9. The molecule has 4 rings (SSSR count). The van der Waals surface area contributed by atoms with Gasteiger partial charge in [0.25, 0.3) is 0 Å². The van der Waals surface area contributed by atoms with Crippen LogP contribution in [0.25, 0.3) is 17.0 Å². The van der Waals surface area contributed by atoms with Crippen LogP contribution in [0.1, 0.15) is 25.0 Å². The zero-order valence-electron chi connectivity index (χ0n) is 16.4. The van der Waals surface area contributed by atoms with Crippen LogP contribution in [0.3, 0.4) is 0 Å². The molecule has 7 heteroatoms. The second kappa shape index (κ2) is 7.26. The number of esters is 1. The van der Waals surface area contributed by atoms with Crippen molar-refractivity contribution in [3.05, 3.63) is 70.1 Å². The Balaban J connectivity index is 1.54. The molecule has 0 radical (unpaired) electrons. The van der Waals surface area contributed by atoms with Gasteiger partial charge < -0.3 is 24.1 Å². The maximum atomic E-state index is 12.4. The molecule has 1 aromatic heterocycles. The van der Waals surface area contributed by atoms with Gasteiger partial charge in [0.05, 0.1) is 0 Å². The lowest BCUT2D eigenvalue weighted by Gasteiger charge is -2.39. The van der Waals surface area contributed by atoms with Gasteiger partial charge >= 0.3 is 11.6 Å². The van der Waals surface area contributed by atoms with Crippen molar-refractivity contribution in [1.82, 2.24) is 0 Å². The predicted molar refractivity (Wildman–Crippen MR) is 110 cm³/mol. The number of phenols is 2. The van der Waals surface area contributed by atoms with Gasteiger partial charge in [0.15, 0.2) is 11.5 Å². The van der Waals surface area contributed by atoms with Crippen LogP contribution in [0.15, 0.2) is 57.8 Å². The molecule has 1 aliphatic rings. The lowest BCUT2D eigenvalue weighted by Crippen LogP contribution is -2.48. The van der Waals surface area contributed by atoms with Gasteiger partial charge in [-0.2, -0.15) is 0 Å². The van der Waals surface area contributed by atoms with Crippen LogP contribution >= 0.6 is 0 Å². The van der Waals surface area contributed by atoms with E-state index in [-0.39, 0.29) is 11.5 Å². The van der Waals surface area contributed by atoms with E-state index in [0.717, 1.165) is 10.9 Å². The lowest BCUT2D eigenvalue weighted by atomic mass is 9.90. The fourth-order valence-electron chi connectivity index (χ4n) is 3.36. The maximum Gasteiger partial charge on any atom is 0.336 e. The normalized spacial score (nSPS) is 17.5. The smallest absolute Gasteiger partial charge is 0.336 e. The highest BCUT2D eigenvalue weighted by molar-refractivity contribution is 5.87. The largest absolute Gasteiger partial charge is 0.504 e. The fraction of sp³-hybridized carbons (Fsp3) is 0.217. The Kier molecular flexibility index (Phi) is 4.73. The van der Waals surface area contributed by atoms with Crippen LogP contribution < -0.4 is 10.4 Å². The third-order valence-electron chi connectivity index (χ3n) is 5.03. The molecule has 0 fully saturated rings. The highest BCUT2D eigenvalue weighted by atomic mass is 16.6. The van der Waals surface area contributed by atoms with Crippen molar-refractivity contribution in [3.8, 4) is 17.2 Å². The van der Waals surface area contributed by atoms with E-state index in [0.29, 0.717) is 23.3 Å². The zero-order valence-corrected chi connectivity index (χ0v) is 16.4. The lowest BCUT2D eigenvalue weighted by molar-refractivity contribution is -0.155. The molecule has 3 aromatic rings. The third kappa shape index (κ3) is 3.87. The molecule has 2 heterocycles. The van der Waals surface area contributed by atoms with Crippen molar-refractivity contribution >= 4 is 23.0 Å². The first-order valence-electron chi connectivity index (χ1n) is 9.38. The zero-order chi connectivity index (χ0) is 21.5. The van der Waals surface area contributed by atoms with E-state index in [1.54, 1.807) is 18.2 Å². The Bertz CT molecular complexity index is 1220. The van der Waals surface area contributed by atoms with E-state index in [4.69, 9.17) is 13.9 Å². The number of rotatable bonds is 3. The highest BCUT2D eigenvalue weighted by Crippen LogP contribution is 2.37. The number of benzene rings is 2. The molecule has 0 saturated carbocycles. The molecule has 7 nitrogen and oxygen atoms in total. The Morgan fingerprint density at radius 2 is 1.93 bits per heavy atom. The summed E-state index contributed by atoms with van der Waals surface area (Å²) in [6.07, 6.45) is 2.65. The van der Waals surface area contributed by atoms with Crippen molar-refractivity contribution in [1.29, 1.82) is 0 Å². The van der Waals surface area contributed by atoms with Crippen LogP contribution in [-0.4, -0.2) is 27.9 Å². The molecule has 2 aromatic carbocycles. The van der Waals surface area contributed by atoms with Gasteiger partial charge in [0.2, 0.25) is 0 Å². The second-order valence-electron chi connectivity index (χ2n) is 7.67. The minimum absolute atomic E-state index is 0.235.